The Kier molecular flexibility index (Phi) is 5.92. The molecular formula is C12H14BrClFNO. The van der Waals surface area contributed by atoms with Crippen LogP contribution in [0.25, 0.3) is 0 Å². The highest BCUT2D eigenvalue weighted by atomic mass is 79.9. The summed E-state index contributed by atoms with van der Waals surface area (Å²) in [4.78, 5) is 11.6. The molecular weight excluding hydrogens is 308 g/mol. The lowest BCUT2D eigenvalue weighted by atomic mass is 10.2. The zero-order valence-corrected chi connectivity index (χ0v) is 11.9. The van der Waals surface area contributed by atoms with Gasteiger partial charge in [-0.25, -0.2) is 4.39 Å². The Balaban J connectivity index is 2.62. The topological polar surface area (TPSA) is 29.1 Å². The van der Waals surface area contributed by atoms with Gasteiger partial charge in [-0.3, -0.25) is 4.79 Å². The molecule has 2 nitrogen and oxygen atoms in total. The number of amides is 1. The summed E-state index contributed by atoms with van der Waals surface area (Å²) in [6.45, 7) is 1.75. The molecule has 1 aromatic carbocycles. The average Bonchev–Trinajstić information content (AvgIpc) is 2.26. The quantitative estimate of drug-likeness (QED) is 0.637. The third-order valence-corrected chi connectivity index (χ3v) is 3.20. The van der Waals surface area contributed by atoms with Gasteiger partial charge in [0.05, 0.1) is 4.47 Å². The normalized spacial score (nSPS) is 10.4. The van der Waals surface area contributed by atoms with Crippen LogP contribution >= 0.6 is 27.5 Å². The summed E-state index contributed by atoms with van der Waals surface area (Å²) in [6.07, 6.45) is 2.01. The van der Waals surface area contributed by atoms with Crippen LogP contribution in [-0.2, 0) is 4.79 Å². The van der Waals surface area contributed by atoms with Gasteiger partial charge in [0.15, 0.2) is 0 Å². The molecule has 0 aliphatic rings. The van der Waals surface area contributed by atoms with Crippen molar-refractivity contribution in [3.63, 3.8) is 0 Å². The molecule has 0 atom stereocenters. The largest absolute Gasteiger partial charge is 0.326 e. The van der Waals surface area contributed by atoms with Crippen LogP contribution in [0.4, 0.5) is 10.1 Å². The molecule has 0 fully saturated rings. The SMILES string of the molecule is Cc1cc(F)c(Br)cc1NC(=O)CCCCCl. The van der Waals surface area contributed by atoms with Crippen molar-refractivity contribution in [2.45, 2.75) is 26.2 Å². The summed E-state index contributed by atoms with van der Waals surface area (Å²) in [7, 11) is 0. The van der Waals surface area contributed by atoms with Crippen LogP contribution in [0.5, 0.6) is 0 Å². The van der Waals surface area contributed by atoms with Gasteiger partial charge < -0.3 is 5.32 Å². The maximum absolute atomic E-state index is 13.2. The van der Waals surface area contributed by atoms with Gasteiger partial charge in [0.25, 0.3) is 0 Å². The fourth-order valence-electron chi connectivity index (χ4n) is 1.37. The molecule has 0 saturated heterocycles. The summed E-state index contributed by atoms with van der Waals surface area (Å²) in [5, 5.41) is 2.76. The average molecular weight is 323 g/mol. The predicted molar refractivity (Wildman–Crippen MR) is 72.0 cm³/mol. The number of benzene rings is 1. The van der Waals surface area contributed by atoms with E-state index in [1.165, 1.54) is 6.07 Å². The third kappa shape index (κ3) is 4.64. The summed E-state index contributed by atoms with van der Waals surface area (Å²) < 4.78 is 13.5. The summed E-state index contributed by atoms with van der Waals surface area (Å²) >= 11 is 8.62. The number of anilines is 1. The Morgan fingerprint density at radius 2 is 2.18 bits per heavy atom. The first-order chi connectivity index (χ1) is 8.04. The highest BCUT2D eigenvalue weighted by Crippen LogP contribution is 2.24. The van der Waals surface area contributed by atoms with Gasteiger partial charge in [-0.15, -0.1) is 11.6 Å². The summed E-state index contributed by atoms with van der Waals surface area (Å²) in [6, 6.07) is 2.96. The molecule has 0 aliphatic carbocycles. The lowest BCUT2D eigenvalue weighted by Crippen LogP contribution is -2.12. The Labute approximate surface area is 114 Å². The monoisotopic (exact) mass is 321 g/mol. The van der Waals surface area contributed by atoms with Crippen LogP contribution in [0.2, 0.25) is 0 Å². The predicted octanol–water partition coefficient (Wildman–Crippen LogP) is 4.24. The maximum Gasteiger partial charge on any atom is 0.224 e. The molecule has 0 aromatic heterocycles. The van der Waals surface area contributed by atoms with E-state index >= 15 is 0 Å². The Hall–Kier alpha value is -0.610. The number of carbonyl (C=O) groups is 1. The highest BCUT2D eigenvalue weighted by Gasteiger charge is 2.08. The molecule has 0 saturated carbocycles. The van der Waals surface area contributed by atoms with Crippen molar-refractivity contribution in [3.8, 4) is 0 Å². The molecule has 0 spiro atoms. The molecule has 94 valence electrons. The molecule has 1 aromatic rings. The Morgan fingerprint density at radius 3 is 2.82 bits per heavy atom. The fourth-order valence-corrected chi connectivity index (χ4v) is 1.91. The first kappa shape index (κ1) is 14.5. The van der Waals surface area contributed by atoms with Gasteiger partial charge in [-0.05, 0) is 53.4 Å². The van der Waals surface area contributed by atoms with Crippen molar-refractivity contribution in [2.24, 2.45) is 0 Å². The van der Waals surface area contributed by atoms with Crippen LogP contribution in [-0.4, -0.2) is 11.8 Å². The lowest BCUT2D eigenvalue weighted by Gasteiger charge is -2.09. The van der Waals surface area contributed by atoms with Crippen LogP contribution in [0.3, 0.4) is 0 Å². The van der Waals surface area contributed by atoms with Crippen molar-refractivity contribution < 1.29 is 9.18 Å². The summed E-state index contributed by atoms with van der Waals surface area (Å²) in [5.74, 6) is 0.161. The molecule has 1 N–H and O–H groups in total. The van der Waals surface area contributed by atoms with Crippen LogP contribution < -0.4 is 5.32 Å². The molecule has 1 rings (SSSR count). The number of rotatable bonds is 5. The molecule has 0 aliphatic heterocycles. The molecule has 0 heterocycles. The van der Waals surface area contributed by atoms with E-state index in [-0.39, 0.29) is 11.7 Å². The number of aryl methyl sites for hydroxylation is 1. The van der Waals surface area contributed by atoms with E-state index in [2.05, 4.69) is 21.2 Å². The first-order valence-corrected chi connectivity index (χ1v) is 6.69. The summed E-state index contributed by atoms with van der Waals surface area (Å²) in [5.41, 5.74) is 1.34. The van der Waals surface area contributed by atoms with Crippen molar-refractivity contribution in [1.29, 1.82) is 0 Å². The van der Waals surface area contributed by atoms with E-state index in [9.17, 15) is 9.18 Å². The minimum absolute atomic E-state index is 0.0725. The van der Waals surface area contributed by atoms with Gasteiger partial charge in [0, 0.05) is 18.0 Å². The van der Waals surface area contributed by atoms with E-state index in [1.807, 2.05) is 0 Å². The van der Waals surface area contributed by atoms with Gasteiger partial charge in [-0.1, -0.05) is 0 Å². The smallest absolute Gasteiger partial charge is 0.224 e. The standard InChI is InChI=1S/C12H14BrClFNO/c1-8-6-10(15)9(13)7-11(8)16-12(17)4-2-3-5-14/h6-7H,2-5H2,1H3,(H,16,17). The van der Waals surface area contributed by atoms with E-state index in [0.29, 0.717) is 28.0 Å². The molecule has 0 bridgehead atoms. The van der Waals surface area contributed by atoms with Gasteiger partial charge in [0.2, 0.25) is 5.91 Å². The molecule has 17 heavy (non-hydrogen) atoms. The number of unbranched alkanes of at least 4 members (excludes halogenated alkanes) is 1. The highest BCUT2D eigenvalue weighted by molar-refractivity contribution is 9.10. The minimum Gasteiger partial charge on any atom is -0.326 e. The number of hydrogen-bond acceptors (Lipinski definition) is 1. The molecule has 5 heteroatoms. The first-order valence-electron chi connectivity index (χ1n) is 5.36. The fraction of sp³-hybridized carbons (Fsp3) is 0.417. The second kappa shape index (κ2) is 6.97. The van der Waals surface area contributed by atoms with Crippen molar-refractivity contribution >= 4 is 39.1 Å². The zero-order chi connectivity index (χ0) is 12.8. The molecule has 1 amide bonds. The second-order valence-corrected chi connectivity index (χ2v) is 5.01. The second-order valence-electron chi connectivity index (χ2n) is 3.78. The molecule has 0 radical (unpaired) electrons. The van der Waals surface area contributed by atoms with Crippen LogP contribution in [0.1, 0.15) is 24.8 Å². The minimum atomic E-state index is -0.331. The van der Waals surface area contributed by atoms with Crippen molar-refractivity contribution in [1.82, 2.24) is 0 Å². The van der Waals surface area contributed by atoms with Crippen LogP contribution in [0.15, 0.2) is 16.6 Å². The van der Waals surface area contributed by atoms with Gasteiger partial charge >= 0.3 is 0 Å². The number of hydrogen-bond donors (Lipinski definition) is 1. The zero-order valence-electron chi connectivity index (χ0n) is 9.53. The number of halogens is 3. The Morgan fingerprint density at radius 1 is 1.47 bits per heavy atom. The van der Waals surface area contributed by atoms with E-state index in [1.54, 1.807) is 13.0 Å². The maximum atomic E-state index is 13.2. The van der Waals surface area contributed by atoms with Gasteiger partial charge in [0.1, 0.15) is 5.82 Å². The van der Waals surface area contributed by atoms with E-state index in [4.69, 9.17) is 11.6 Å². The van der Waals surface area contributed by atoms with Crippen molar-refractivity contribution in [3.05, 3.63) is 28.0 Å². The number of carbonyl (C=O) groups excluding carboxylic acids is 1. The van der Waals surface area contributed by atoms with Gasteiger partial charge in [-0.2, -0.15) is 0 Å². The third-order valence-electron chi connectivity index (χ3n) is 2.33. The lowest BCUT2D eigenvalue weighted by molar-refractivity contribution is -0.116. The molecule has 0 unspecified atom stereocenters. The number of alkyl halides is 1. The Bertz CT molecular complexity index is 412. The van der Waals surface area contributed by atoms with E-state index in [0.717, 1.165) is 12.8 Å². The number of nitrogens with one attached hydrogen (secondary N) is 1. The van der Waals surface area contributed by atoms with Crippen LogP contribution in [0, 0.1) is 12.7 Å². The van der Waals surface area contributed by atoms with E-state index < -0.39 is 0 Å². The van der Waals surface area contributed by atoms with Crippen molar-refractivity contribution in [2.75, 3.05) is 11.2 Å².